The Bertz CT molecular complexity index is 330. The Hall–Kier alpha value is -1.93. The number of rotatable bonds is 1. The molecular weight excluding hydrogens is 170 g/mol. The molecule has 0 atom stereocenters. The second-order valence-corrected chi connectivity index (χ2v) is 1.92. The molecule has 5 nitrogen and oxygen atoms in total. The van der Waals surface area contributed by atoms with Crippen LogP contribution in [0.15, 0.2) is 24.3 Å². The number of hydrogen-bond donors (Lipinski definition) is 1. The van der Waals surface area contributed by atoms with Gasteiger partial charge in [0.15, 0.2) is 0 Å². The van der Waals surface area contributed by atoms with Gasteiger partial charge in [-0.25, -0.2) is 0 Å². The zero-order chi connectivity index (χ0) is 10.3. The summed E-state index contributed by atoms with van der Waals surface area (Å²) in [6.45, 7) is 0. The molecule has 0 saturated carbocycles. The molecule has 0 aliphatic heterocycles. The Kier molecular flexibility index (Phi) is 4.84. The van der Waals surface area contributed by atoms with Gasteiger partial charge in [0.1, 0.15) is 0 Å². The van der Waals surface area contributed by atoms with Crippen molar-refractivity contribution in [3.63, 3.8) is 0 Å². The summed E-state index contributed by atoms with van der Waals surface area (Å²) < 4.78 is 0. The molecule has 0 aliphatic rings. The Labute approximate surface area is 75.6 Å². The van der Waals surface area contributed by atoms with E-state index in [-0.39, 0.29) is 5.69 Å². The molecule has 0 amide bonds. The van der Waals surface area contributed by atoms with Gasteiger partial charge < -0.3 is 5.73 Å². The number of nitro groups is 1. The second-order valence-electron chi connectivity index (χ2n) is 1.92. The third-order valence-corrected chi connectivity index (χ3v) is 1.19. The van der Waals surface area contributed by atoms with E-state index in [1.807, 2.05) is 6.07 Å². The third kappa shape index (κ3) is 3.31. The highest BCUT2D eigenvalue weighted by Gasteiger charge is 2.03. The van der Waals surface area contributed by atoms with Gasteiger partial charge in [-0.15, -0.1) is 0 Å². The summed E-state index contributed by atoms with van der Waals surface area (Å²) in [5.41, 5.74) is 4.75. The van der Waals surface area contributed by atoms with Crippen LogP contribution in [0.4, 0.5) is 5.69 Å². The molecule has 0 radical (unpaired) electrons. The lowest BCUT2D eigenvalue weighted by Gasteiger charge is -1.89. The molecule has 5 heteroatoms. The summed E-state index contributed by atoms with van der Waals surface area (Å²) in [6, 6.07) is 7.41. The fraction of sp³-hybridized carbons (Fsp3) is 0.125. The smallest absolute Gasteiger partial charge is 0.270 e. The van der Waals surface area contributed by atoms with Crippen molar-refractivity contribution in [1.82, 2.24) is 0 Å². The Balaban J connectivity index is 0.000000671. The van der Waals surface area contributed by atoms with E-state index >= 15 is 0 Å². The van der Waals surface area contributed by atoms with E-state index in [1.165, 1.54) is 31.3 Å². The zero-order valence-corrected chi connectivity index (χ0v) is 7.10. The Morgan fingerprint density at radius 1 is 1.54 bits per heavy atom. The average molecular weight is 179 g/mol. The highest BCUT2D eigenvalue weighted by molar-refractivity contribution is 5.40. The molecule has 1 rings (SSSR count). The SMILES string of the molecule is CN.N#Cc1cccc([N+](=O)[O-])c1. The van der Waals surface area contributed by atoms with Crippen LogP contribution >= 0.6 is 0 Å². The third-order valence-electron chi connectivity index (χ3n) is 1.19. The highest BCUT2D eigenvalue weighted by Crippen LogP contribution is 2.11. The van der Waals surface area contributed by atoms with Crippen LogP contribution in [0, 0.1) is 21.4 Å². The van der Waals surface area contributed by atoms with Crippen molar-refractivity contribution >= 4 is 5.69 Å². The van der Waals surface area contributed by atoms with Crippen molar-refractivity contribution in [3.05, 3.63) is 39.9 Å². The van der Waals surface area contributed by atoms with Gasteiger partial charge in [-0.1, -0.05) is 6.07 Å². The minimum atomic E-state index is -0.527. The zero-order valence-electron chi connectivity index (χ0n) is 7.10. The largest absolute Gasteiger partial charge is 0.333 e. The lowest BCUT2D eigenvalue weighted by Crippen LogP contribution is -1.87. The van der Waals surface area contributed by atoms with E-state index < -0.39 is 4.92 Å². The first-order valence-electron chi connectivity index (χ1n) is 3.46. The van der Waals surface area contributed by atoms with Crippen molar-refractivity contribution in [2.75, 3.05) is 7.05 Å². The topological polar surface area (TPSA) is 93.0 Å². The second kappa shape index (κ2) is 5.69. The predicted octanol–water partition coefficient (Wildman–Crippen LogP) is 1.04. The molecule has 2 N–H and O–H groups in total. The van der Waals surface area contributed by atoms with Crippen LogP contribution in [0.3, 0.4) is 0 Å². The van der Waals surface area contributed by atoms with E-state index in [0.29, 0.717) is 5.56 Å². The number of nitrogens with two attached hydrogens (primary N) is 1. The minimum Gasteiger partial charge on any atom is -0.333 e. The summed E-state index contributed by atoms with van der Waals surface area (Å²) >= 11 is 0. The van der Waals surface area contributed by atoms with Gasteiger partial charge in [-0.3, -0.25) is 10.1 Å². The van der Waals surface area contributed by atoms with Gasteiger partial charge in [0, 0.05) is 12.1 Å². The van der Waals surface area contributed by atoms with Crippen molar-refractivity contribution in [2.45, 2.75) is 0 Å². The normalized spacial score (nSPS) is 7.77. The Morgan fingerprint density at radius 2 is 2.15 bits per heavy atom. The average Bonchev–Trinajstić information content (AvgIpc) is 2.21. The molecule has 0 saturated heterocycles. The van der Waals surface area contributed by atoms with E-state index in [4.69, 9.17) is 5.26 Å². The number of nitro benzene ring substituents is 1. The maximum atomic E-state index is 10.2. The van der Waals surface area contributed by atoms with Crippen molar-refractivity contribution < 1.29 is 4.92 Å². The standard InChI is InChI=1S/C7H4N2O2.CH5N/c8-5-6-2-1-3-7(4-6)9(10)11;1-2/h1-4H;2H2,1H3. The van der Waals surface area contributed by atoms with Gasteiger partial charge in [0.2, 0.25) is 0 Å². The molecular formula is C8H9N3O2. The highest BCUT2D eigenvalue weighted by atomic mass is 16.6. The van der Waals surface area contributed by atoms with Crippen molar-refractivity contribution in [2.24, 2.45) is 5.73 Å². The van der Waals surface area contributed by atoms with E-state index in [1.54, 1.807) is 0 Å². The van der Waals surface area contributed by atoms with E-state index in [2.05, 4.69) is 5.73 Å². The molecule has 13 heavy (non-hydrogen) atoms. The number of hydrogen-bond acceptors (Lipinski definition) is 4. The van der Waals surface area contributed by atoms with Crippen LogP contribution in [0.2, 0.25) is 0 Å². The number of non-ortho nitro benzene ring substituents is 1. The van der Waals surface area contributed by atoms with Gasteiger partial charge in [-0.2, -0.15) is 5.26 Å². The van der Waals surface area contributed by atoms with E-state index in [9.17, 15) is 10.1 Å². The molecule has 0 unspecified atom stereocenters. The van der Waals surface area contributed by atoms with Crippen LogP contribution in [0.5, 0.6) is 0 Å². The van der Waals surface area contributed by atoms with Gasteiger partial charge in [0.25, 0.3) is 5.69 Å². The first-order chi connectivity index (χ1) is 6.24. The van der Waals surface area contributed by atoms with Crippen molar-refractivity contribution in [3.8, 4) is 6.07 Å². The molecule has 0 fully saturated rings. The number of benzene rings is 1. The maximum absolute atomic E-state index is 10.2. The molecule has 0 aliphatic carbocycles. The first kappa shape index (κ1) is 11.1. The van der Waals surface area contributed by atoms with Crippen LogP contribution in [0.25, 0.3) is 0 Å². The minimum absolute atomic E-state index is 0.0518. The lowest BCUT2D eigenvalue weighted by atomic mass is 10.2. The van der Waals surface area contributed by atoms with Crippen LogP contribution in [0.1, 0.15) is 5.56 Å². The first-order valence-corrected chi connectivity index (χ1v) is 3.46. The Morgan fingerprint density at radius 3 is 2.62 bits per heavy atom. The molecule has 0 heterocycles. The summed E-state index contributed by atoms with van der Waals surface area (Å²) in [6.07, 6.45) is 0. The fourth-order valence-corrected chi connectivity index (χ4v) is 0.689. The predicted molar refractivity (Wildman–Crippen MR) is 47.9 cm³/mol. The van der Waals surface area contributed by atoms with Crippen LogP contribution in [-0.4, -0.2) is 12.0 Å². The van der Waals surface area contributed by atoms with E-state index in [0.717, 1.165) is 0 Å². The van der Waals surface area contributed by atoms with Gasteiger partial charge >= 0.3 is 0 Å². The summed E-state index contributed by atoms with van der Waals surface area (Å²) in [7, 11) is 1.50. The fourth-order valence-electron chi connectivity index (χ4n) is 0.689. The van der Waals surface area contributed by atoms with Crippen LogP contribution in [-0.2, 0) is 0 Å². The number of nitrogens with zero attached hydrogens (tertiary/aromatic N) is 2. The van der Waals surface area contributed by atoms with Gasteiger partial charge in [-0.05, 0) is 13.1 Å². The monoisotopic (exact) mass is 179 g/mol. The summed E-state index contributed by atoms with van der Waals surface area (Å²) in [5.74, 6) is 0. The molecule has 0 spiro atoms. The van der Waals surface area contributed by atoms with Crippen LogP contribution < -0.4 is 5.73 Å². The lowest BCUT2D eigenvalue weighted by molar-refractivity contribution is -0.384. The van der Waals surface area contributed by atoms with Gasteiger partial charge in [0.05, 0.1) is 16.6 Å². The summed E-state index contributed by atoms with van der Waals surface area (Å²) in [5, 5.41) is 18.5. The molecule has 0 aromatic heterocycles. The quantitative estimate of drug-likeness (QED) is 0.514. The summed E-state index contributed by atoms with van der Waals surface area (Å²) in [4.78, 5) is 9.64. The molecule has 0 bridgehead atoms. The number of nitriles is 1. The maximum Gasteiger partial charge on any atom is 0.270 e. The van der Waals surface area contributed by atoms with Crippen molar-refractivity contribution in [1.29, 1.82) is 5.26 Å². The molecule has 68 valence electrons. The molecule has 1 aromatic carbocycles. The molecule has 1 aromatic rings.